The van der Waals surface area contributed by atoms with Gasteiger partial charge in [0.2, 0.25) is 0 Å². The van der Waals surface area contributed by atoms with Gasteiger partial charge in [-0.2, -0.15) is 0 Å². The van der Waals surface area contributed by atoms with Crippen LogP contribution >= 0.6 is 0 Å². The quantitative estimate of drug-likeness (QED) is 0.447. The molecule has 0 bridgehead atoms. The third kappa shape index (κ3) is 5.87. The van der Waals surface area contributed by atoms with Crippen molar-refractivity contribution in [3.63, 3.8) is 0 Å². The molecule has 2 aromatic rings. The summed E-state index contributed by atoms with van der Waals surface area (Å²) in [7, 11) is 0. The molecule has 0 spiro atoms. The predicted octanol–water partition coefficient (Wildman–Crippen LogP) is 2.79. The van der Waals surface area contributed by atoms with Crippen LogP contribution in [0.5, 0.6) is 0 Å². The zero-order valence-corrected chi connectivity index (χ0v) is 12.8. The first-order valence-corrected chi connectivity index (χ1v) is 7.58. The Labute approximate surface area is 132 Å². The maximum absolute atomic E-state index is 5.31. The molecule has 0 saturated heterocycles. The van der Waals surface area contributed by atoms with Crippen LogP contribution in [0.25, 0.3) is 0 Å². The van der Waals surface area contributed by atoms with Crippen molar-refractivity contribution >= 4 is 5.96 Å². The second-order valence-corrected chi connectivity index (χ2v) is 4.89. The predicted molar refractivity (Wildman–Crippen MR) is 91.1 cm³/mol. The monoisotopic (exact) mass is 297 g/mol. The third-order valence-electron chi connectivity index (χ3n) is 3.17. The standard InChI is InChI=1S/C18H23N3O/c1-2-12-19-18(21-14-11-17-9-6-15-22-17)20-13-10-16-7-4-3-5-8-16/h2-9,15H,1,10-14H2,(H2,19,20,21). The minimum atomic E-state index is 0.686. The van der Waals surface area contributed by atoms with Gasteiger partial charge in [-0.15, -0.1) is 6.58 Å². The number of furan rings is 1. The van der Waals surface area contributed by atoms with Gasteiger partial charge in [0.05, 0.1) is 6.26 Å². The van der Waals surface area contributed by atoms with Gasteiger partial charge in [-0.1, -0.05) is 36.4 Å². The van der Waals surface area contributed by atoms with E-state index in [-0.39, 0.29) is 0 Å². The van der Waals surface area contributed by atoms with Crippen LogP contribution in [0.15, 0.2) is 70.8 Å². The Kier molecular flexibility index (Phi) is 6.82. The molecule has 0 aliphatic rings. The molecule has 1 heterocycles. The summed E-state index contributed by atoms with van der Waals surface area (Å²) in [5, 5.41) is 6.57. The first kappa shape index (κ1) is 15.9. The highest BCUT2D eigenvalue weighted by molar-refractivity contribution is 5.79. The van der Waals surface area contributed by atoms with Gasteiger partial charge in [0.1, 0.15) is 5.76 Å². The van der Waals surface area contributed by atoms with Crippen LogP contribution in [-0.4, -0.2) is 25.6 Å². The van der Waals surface area contributed by atoms with E-state index in [1.165, 1.54) is 5.56 Å². The number of rotatable bonds is 8. The van der Waals surface area contributed by atoms with Gasteiger partial charge in [0.25, 0.3) is 0 Å². The molecule has 0 amide bonds. The van der Waals surface area contributed by atoms with E-state index in [0.29, 0.717) is 13.1 Å². The average molecular weight is 297 g/mol. The molecule has 22 heavy (non-hydrogen) atoms. The van der Waals surface area contributed by atoms with Crippen LogP contribution in [0.1, 0.15) is 11.3 Å². The number of nitrogens with one attached hydrogen (secondary N) is 2. The van der Waals surface area contributed by atoms with Crippen LogP contribution in [0, 0.1) is 0 Å². The Bertz CT molecular complexity index is 561. The fraction of sp³-hybridized carbons (Fsp3) is 0.278. The normalized spacial score (nSPS) is 11.2. The van der Waals surface area contributed by atoms with E-state index < -0.39 is 0 Å². The van der Waals surface area contributed by atoms with Crippen molar-refractivity contribution in [2.45, 2.75) is 12.8 Å². The Morgan fingerprint density at radius 3 is 2.68 bits per heavy atom. The molecular formula is C18H23N3O. The molecule has 0 atom stereocenters. The molecule has 0 unspecified atom stereocenters. The molecule has 0 aliphatic heterocycles. The molecule has 2 rings (SSSR count). The molecule has 0 saturated carbocycles. The highest BCUT2D eigenvalue weighted by atomic mass is 16.3. The van der Waals surface area contributed by atoms with Crippen molar-refractivity contribution in [1.29, 1.82) is 0 Å². The Morgan fingerprint density at radius 1 is 1.09 bits per heavy atom. The van der Waals surface area contributed by atoms with Crippen molar-refractivity contribution in [1.82, 2.24) is 10.6 Å². The van der Waals surface area contributed by atoms with E-state index in [4.69, 9.17) is 4.42 Å². The summed E-state index contributed by atoms with van der Waals surface area (Å²) in [5.41, 5.74) is 1.31. The fourth-order valence-electron chi connectivity index (χ4n) is 2.05. The SMILES string of the molecule is C=CCNC(=NCCc1ccco1)NCCc1ccccc1. The van der Waals surface area contributed by atoms with Gasteiger partial charge in [-0.25, -0.2) is 0 Å². The van der Waals surface area contributed by atoms with E-state index in [0.717, 1.165) is 31.1 Å². The van der Waals surface area contributed by atoms with Gasteiger partial charge in [0.15, 0.2) is 5.96 Å². The molecule has 1 aromatic heterocycles. The minimum absolute atomic E-state index is 0.686. The molecule has 4 nitrogen and oxygen atoms in total. The first-order chi connectivity index (χ1) is 10.9. The lowest BCUT2D eigenvalue weighted by atomic mass is 10.1. The van der Waals surface area contributed by atoms with E-state index >= 15 is 0 Å². The summed E-state index contributed by atoms with van der Waals surface area (Å²) in [6, 6.07) is 14.3. The van der Waals surface area contributed by atoms with Gasteiger partial charge >= 0.3 is 0 Å². The highest BCUT2D eigenvalue weighted by Crippen LogP contribution is 2.01. The Morgan fingerprint density at radius 2 is 1.95 bits per heavy atom. The third-order valence-corrected chi connectivity index (χ3v) is 3.17. The molecule has 4 heteroatoms. The molecule has 0 radical (unpaired) electrons. The number of hydrogen-bond acceptors (Lipinski definition) is 2. The summed E-state index contributed by atoms with van der Waals surface area (Å²) < 4.78 is 5.31. The summed E-state index contributed by atoms with van der Waals surface area (Å²) >= 11 is 0. The number of hydrogen-bond donors (Lipinski definition) is 2. The second kappa shape index (κ2) is 9.45. The van der Waals surface area contributed by atoms with Crippen molar-refractivity contribution < 1.29 is 4.42 Å². The topological polar surface area (TPSA) is 49.6 Å². The van der Waals surface area contributed by atoms with Crippen LogP contribution in [-0.2, 0) is 12.8 Å². The Hall–Kier alpha value is -2.49. The maximum atomic E-state index is 5.31. The van der Waals surface area contributed by atoms with Gasteiger partial charge in [-0.05, 0) is 24.1 Å². The van der Waals surface area contributed by atoms with Crippen LogP contribution < -0.4 is 10.6 Å². The van der Waals surface area contributed by atoms with Crippen molar-refractivity contribution in [2.24, 2.45) is 4.99 Å². The Balaban J connectivity index is 1.78. The lowest BCUT2D eigenvalue weighted by Gasteiger charge is -2.11. The molecular weight excluding hydrogens is 274 g/mol. The summed E-state index contributed by atoms with van der Waals surface area (Å²) in [6.07, 6.45) is 5.27. The highest BCUT2D eigenvalue weighted by Gasteiger charge is 1.99. The summed E-state index contributed by atoms with van der Waals surface area (Å²) in [4.78, 5) is 4.55. The molecule has 2 N–H and O–H groups in total. The van der Waals surface area contributed by atoms with Crippen LogP contribution in [0.2, 0.25) is 0 Å². The summed E-state index contributed by atoms with van der Waals surface area (Å²) in [5.74, 6) is 1.76. The van der Waals surface area contributed by atoms with Crippen molar-refractivity contribution in [3.8, 4) is 0 Å². The van der Waals surface area contributed by atoms with Gasteiger partial charge in [-0.3, -0.25) is 4.99 Å². The molecule has 116 valence electrons. The second-order valence-electron chi connectivity index (χ2n) is 4.89. The van der Waals surface area contributed by atoms with Gasteiger partial charge in [0, 0.05) is 26.1 Å². The largest absolute Gasteiger partial charge is 0.469 e. The zero-order chi connectivity index (χ0) is 15.5. The minimum Gasteiger partial charge on any atom is -0.469 e. The van der Waals surface area contributed by atoms with Crippen molar-refractivity contribution in [3.05, 3.63) is 72.7 Å². The van der Waals surface area contributed by atoms with Gasteiger partial charge < -0.3 is 15.1 Å². The van der Waals surface area contributed by atoms with E-state index in [1.54, 1.807) is 6.26 Å². The zero-order valence-electron chi connectivity index (χ0n) is 12.8. The number of benzene rings is 1. The fourth-order valence-corrected chi connectivity index (χ4v) is 2.05. The number of guanidine groups is 1. The number of aliphatic imine (C=N–C) groups is 1. The van der Waals surface area contributed by atoms with E-state index in [2.05, 4.69) is 46.5 Å². The lowest BCUT2D eigenvalue weighted by molar-refractivity contribution is 0.510. The number of nitrogens with zero attached hydrogens (tertiary/aromatic N) is 1. The maximum Gasteiger partial charge on any atom is 0.191 e. The van der Waals surface area contributed by atoms with Crippen LogP contribution in [0.3, 0.4) is 0 Å². The van der Waals surface area contributed by atoms with Crippen LogP contribution in [0.4, 0.5) is 0 Å². The molecule has 0 fully saturated rings. The average Bonchev–Trinajstić information content (AvgIpc) is 3.06. The lowest BCUT2D eigenvalue weighted by Crippen LogP contribution is -2.38. The van der Waals surface area contributed by atoms with Crippen molar-refractivity contribution in [2.75, 3.05) is 19.6 Å². The molecule has 0 aliphatic carbocycles. The smallest absolute Gasteiger partial charge is 0.191 e. The first-order valence-electron chi connectivity index (χ1n) is 7.58. The molecule has 1 aromatic carbocycles. The van der Waals surface area contributed by atoms with E-state index in [9.17, 15) is 0 Å². The van der Waals surface area contributed by atoms with E-state index in [1.807, 2.05) is 24.3 Å². The summed E-state index contributed by atoms with van der Waals surface area (Å²) in [6.45, 7) is 5.94.